The summed E-state index contributed by atoms with van der Waals surface area (Å²) < 4.78 is 22.4. The first-order chi connectivity index (χ1) is 9.15. The van der Waals surface area contributed by atoms with Gasteiger partial charge in [-0.15, -0.1) is 0 Å². The predicted octanol–water partition coefficient (Wildman–Crippen LogP) is 2.79. The van der Waals surface area contributed by atoms with Crippen LogP contribution in [0.4, 0.5) is 5.69 Å². The molecule has 1 atom stereocenters. The summed E-state index contributed by atoms with van der Waals surface area (Å²) in [6.45, 7) is 0.893. The maximum absolute atomic E-state index is 11.5. The Morgan fingerprint density at radius 2 is 1.89 bits per heavy atom. The molecule has 2 rings (SSSR count). The highest BCUT2D eigenvalue weighted by Crippen LogP contribution is 2.31. The highest BCUT2D eigenvalue weighted by Gasteiger charge is 2.15. The summed E-state index contributed by atoms with van der Waals surface area (Å²) in [5.74, 6) is 0. The fourth-order valence-corrected chi connectivity index (χ4v) is 2.84. The standard InChI is InChI=1S/C13H15ClN2O2S/c14-12-6-1-5-11-10(12)4-2-7-13(11)16(19(17)18)9-3-8-15/h1-2,4-7H,3,8-9,15H2,(H,17,18). The minimum Gasteiger partial charge on any atom is -0.330 e. The number of hydrogen-bond donors (Lipinski definition) is 2. The van der Waals surface area contributed by atoms with E-state index in [2.05, 4.69) is 0 Å². The highest BCUT2D eigenvalue weighted by molar-refractivity contribution is 7.80. The summed E-state index contributed by atoms with van der Waals surface area (Å²) in [7, 11) is 0. The molecular formula is C13H15ClN2O2S. The number of rotatable bonds is 5. The first-order valence-electron chi connectivity index (χ1n) is 5.91. The van der Waals surface area contributed by atoms with Crippen molar-refractivity contribution in [2.75, 3.05) is 17.4 Å². The maximum Gasteiger partial charge on any atom is 0.261 e. The molecule has 0 spiro atoms. The molecule has 0 saturated carbocycles. The molecule has 0 aliphatic carbocycles. The third-order valence-electron chi connectivity index (χ3n) is 2.87. The van der Waals surface area contributed by atoms with E-state index in [9.17, 15) is 8.76 Å². The van der Waals surface area contributed by atoms with Crippen molar-refractivity contribution in [3.63, 3.8) is 0 Å². The summed E-state index contributed by atoms with van der Waals surface area (Å²) in [5.41, 5.74) is 6.15. The molecule has 0 aliphatic rings. The quantitative estimate of drug-likeness (QED) is 0.834. The number of anilines is 1. The number of benzene rings is 2. The molecule has 19 heavy (non-hydrogen) atoms. The molecule has 4 nitrogen and oxygen atoms in total. The largest absolute Gasteiger partial charge is 0.330 e. The lowest BCUT2D eigenvalue weighted by Gasteiger charge is -2.21. The molecule has 6 heteroatoms. The molecule has 0 heterocycles. The van der Waals surface area contributed by atoms with Gasteiger partial charge >= 0.3 is 0 Å². The maximum atomic E-state index is 11.5. The fourth-order valence-electron chi connectivity index (χ4n) is 1.99. The Bertz CT molecular complexity index is 606. The average molecular weight is 299 g/mol. The molecule has 0 saturated heterocycles. The number of nitrogens with zero attached hydrogens (tertiary/aromatic N) is 1. The molecule has 0 fully saturated rings. The van der Waals surface area contributed by atoms with E-state index in [0.29, 0.717) is 30.2 Å². The van der Waals surface area contributed by atoms with Crippen LogP contribution in [-0.4, -0.2) is 21.9 Å². The van der Waals surface area contributed by atoms with Gasteiger partial charge in [-0.05, 0) is 25.1 Å². The van der Waals surface area contributed by atoms with E-state index < -0.39 is 11.3 Å². The van der Waals surface area contributed by atoms with Crippen LogP contribution in [0.15, 0.2) is 36.4 Å². The number of fused-ring (bicyclic) bond motifs is 1. The van der Waals surface area contributed by atoms with Crippen molar-refractivity contribution < 1.29 is 8.76 Å². The summed E-state index contributed by atoms with van der Waals surface area (Å²) in [6.07, 6.45) is 0.642. The second-order valence-corrected chi connectivity index (χ2v) is 5.40. The average Bonchev–Trinajstić information content (AvgIpc) is 2.40. The van der Waals surface area contributed by atoms with E-state index in [0.717, 1.165) is 10.8 Å². The Morgan fingerprint density at radius 3 is 2.58 bits per heavy atom. The van der Waals surface area contributed by atoms with E-state index >= 15 is 0 Å². The van der Waals surface area contributed by atoms with Gasteiger partial charge in [0.2, 0.25) is 0 Å². The second-order valence-electron chi connectivity index (χ2n) is 4.09. The van der Waals surface area contributed by atoms with Crippen LogP contribution in [0, 0.1) is 0 Å². The van der Waals surface area contributed by atoms with Gasteiger partial charge in [-0.25, -0.2) is 4.21 Å². The van der Waals surface area contributed by atoms with Crippen LogP contribution >= 0.6 is 11.6 Å². The molecule has 2 aromatic rings. The summed E-state index contributed by atoms with van der Waals surface area (Å²) in [5, 5.41) is 2.35. The van der Waals surface area contributed by atoms with Crippen molar-refractivity contribution in [2.45, 2.75) is 6.42 Å². The Labute approximate surface area is 119 Å². The molecule has 2 aromatic carbocycles. The molecule has 0 aliphatic heterocycles. The molecule has 1 unspecified atom stereocenters. The number of halogens is 1. The lowest BCUT2D eigenvalue weighted by molar-refractivity contribution is 0.558. The van der Waals surface area contributed by atoms with Crippen molar-refractivity contribution in [1.82, 2.24) is 0 Å². The van der Waals surface area contributed by atoms with Gasteiger partial charge in [0.1, 0.15) is 0 Å². The Hall–Kier alpha value is -1.14. The van der Waals surface area contributed by atoms with E-state index in [1.807, 2.05) is 30.3 Å². The first kappa shape index (κ1) is 14.3. The summed E-state index contributed by atoms with van der Waals surface area (Å²) in [4.78, 5) is 0. The third-order valence-corrected chi connectivity index (χ3v) is 3.95. The molecule has 0 bridgehead atoms. The van der Waals surface area contributed by atoms with E-state index in [-0.39, 0.29) is 0 Å². The zero-order valence-corrected chi connectivity index (χ0v) is 11.8. The fraction of sp³-hybridized carbons (Fsp3) is 0.231. The van der Waals surface area contributed by atoms with Crippen molar-refractivity contribution >= 4 is 39.3 Å². The van der Waals surface area contributed by atoms with Crippen molar-refractivity contribution in [3.05, 3.63) is 41.4 Å². The van der Waals surface area contributed by atoms with E-state index in [1.165, 1.54) is 4.31 Å². The van der Waals surface area contributed by atoms with Gasteiger partial charge in [-0.2, -0.15) is 0 Å². The van der Waals surface area contributed by atoms with Crippen LogP contribution in [0.1, 0.15) is 6.42 Å². The lowest BCUT2D eigenvalue weighted by Crippen LogP contribution is -2.28. The zero-order chi connectivity index (χ0) is 13.8. The van der Waals surface area contributed by atoms with Crippen molar-refractivity contribution in [3.8, 4) is 0 Å². The van der Waals surface area contributed by atoms with Gasteiger partial charge in [-0.1, -0.05) is 35.9 Å². The second kappa shape index (κ2) is 6.34. The third kappa shape index (κ3) is 3.06. The Balaban J connectivity index is 2.53. The SMILES string of the molecule is NCCCN(c1cccc2c(Cl)cccc12)S(=O)O. The topological polar surface area (TPSA) is 66.6 Å². The minimum atomic E-state index is -2.08. The van der Waals surface area contributed by atoms with Crippen LogP contribution in [0.5, 0.6) is 0 Å². The lowest BCUT2D eigenvalue weighted by atomic mass is 10.1. The van der Waals surface area contributed by atoms with Crippen LogP contribution in [-0.2, 0) is 11.3 Å². The van der Waals surface area contributed by atoms with Crippen LogP contribution in [0.3, 0.4) is 0 Å². The van der Waals surface area contributed by atoms with E-state index in [1.54, 1.807) is 6.07 Å². The first-order valence-corrected chi connectivity index (χ1v) is 7.35. The van der Waals surface area contributed by atoms with Gasteiger partial charge in [0.15, 0.2) is 0 Å². The predicted molar refractivity (Wildman–Crippen MR) is 80.7 cm³/mol. The zero-order valence-electron chi connectivity index (χ0n) is 10.3. The van der Waals surface area contributed by atoms with Gasteiger partial charge in [-0.3, -0.25) is 8.86 Å². The molecular weight excluding hydrogens is 284 g/mol. The van der Waals surface area contributed by atoms with Crippen molar-refractivity contribution in [2.24, 2.45) is 5.73 Å². The summed E-state index contributed by atoms with van der Waals surface area (Å²) in [6, 6.07) is 11.0. The Morgan fingerprint density at radius 1 is 1.21 bits per heavy atom. The van der Waals surface area contributed by atoms with Crippen LogP contribution in [0.2, 0.25) is 5.02 Å². The summed E-state index contributed by atoms with van der Waals surface area (Å²) >= 11 is 4.06. The van der Waals surface area contributed by atoms with Gasteiger partial charge in [0, 0.05) is 22.3 Å². The van der Waals surface area contributed by atoms with Crippen molar-refractivity contribution in [1.29, 1.82) is 0 Å². The number of nitrogens with two attached hydrogens (primary N) is 1. The van der Waals surface area contributed by atoms with E-state index in [4.69, 9.17) is 17.3 Å². The van der Waals surface area contributed by atoms with Gasteiger partial charge < -0.3 is 5.73 Å². The van der Waals surface area contributed by atoms with Crippen LogP contribution < -0.4 is 10.0 Å². The number of hydrogen-bond acceptors (Lipinski definition) is 2. The highest BCUT2D eigenvalue weighted by atomic mass is 35.5. The molecule has 102 valence electrons. The van der Waals surface area contributed by atoms with Gasteiger partial charge in [0.25, 0.3) is 11.3 Å². The molecule has 3 N–H and O–H groups in total. The minimum absolute atomic E-state index is 0.422. The molecule has 0 amide bonds. The van der Waals surface area contributed by atoms with Crippen LogP contribution in [0.25, 0.3) is 10.8 Å². The normalized spacial score (nSPS) is 12.6. The monoisotopic (exact) mass is 298 g/mol. The Kier molecular flexibility index (Phi) is 4.76. The molecule has 0 aromatic heterocycles. The molecule has 0 radical (unpaired) electrons. The van der Waals surface area contributed by atoms with Gasteiger partial charge in [0.05, 0.1) is 5.69 Å². The smallest absolute Gasteiger partial charge is 0.261 e.